The van der Waals surface area contributed by atoms with E-state index >= 15 is 0 Å². The topological polar surface area (TPSA) is 119 Å². The van der Waals surface area contributed by atoms with E-state index in [1.54, 1.807) is 36.4 Å². The maximum absolute atomic E-state index is 12.2. The van der Waals surface area contributed by atoms with Crippen molar-refractivity contribution in [2.24, 2.45) is 5.73 Å². The molecule has 0 unspecified atom stereocenters. The summed E-state index contributed by atoms with van der Waals surface area (Å²) < 4.78 is 5.48. The number of anilines is 1. The lowest BCUT2D eigenvalue weighted by Crippen LogP contribution is -2.36. The Morgan fingerprint density at radius 3 is 2.57 bits per heavy atom. The molecule has 1 saturated heterocycles. The fraction of sp³-hybridized carbons (Fsp3) is 0.143. The van der Waals surface area contributed by atoms with Crippen LogP contribution in [0.2, 0.25) is 0 Å². The van der Waals surface area contributed by atoms with E-state index in [0.29, 0.717) is 17.0 Å². The van der Waals surface area contributed by atoms with Crippen molar-refractivity contribution < 1.29 is 23.9 Å². The van der Waals surface area contributed by atoms with E-state index < -0.39 is 23.6 Å². The number of primary amides is 1. The molecule has 9 heteroatoms. The van der Waals surface area contributed by atoms with Gasteiger partial charge in [0.15, 0.2) is 6.61 Å². The Balaban J connectivity index is 1.57. The molecule has 0 aromatic heterocycles. The Hall–Kier alpha value is -3.59. The molecule has 30 heavy (non-hydrogen) atoms. The summed E-state index contributed by atoms with van der Waals surface area (Å²) in [5.74, 6) is -1.12. The van der Waals surface area contributed by atoms with Gasteiger partial charge in [-0.05, 0) is 60.2 Å². The minimum absolute atomic E-state index is 0.153. The Labute approximate surface area is 177 Å². The standard InChI is InChI=1S/C21H19N3O5S/c1-13-3-2-4-15(9-13)23-19(26)12-29-16-7-5-14(6-8-16)10-17-20(27)24(11-18(22)25)21(28)30-17/h2-10H,11-12H2,1H3,(H2,22,25)(H,23,26)/b17-10-. The third-order valence-corrected chi connectivity index (χ3v) is 4.94. The molecule has 2 aromatic rings. The van der Waals surface area contributed by atoms with E-state index in [4.69, 9.17) is 10.5 Å². The lowest BCUT2D eigenvalue weighted by Gasteiger charge is -2.09. The van der Waals surface area contributed by atoms with Gasteiger partial charge in [0.05, 0.1) is 4.91 Å². The molecular formula is C21H19N3O5S. The van der Waals surface area contributed by atoms with Gasteiger partial charge in [0.25, 0.3) is 17.1 Å². The number of amides is 4. The second kappa shape index (κ2) is 9.27. The van der Waals surface area contributed by atoms with Gasteiger partial charge in [-0.25, -0.2) is 0 Å². The molecule has 2 aromatic carbocycles. The molecule has 0 radical (unpaired) electrons. The number of thioether (sulfide) groups is 1. The molecular weight excluding hydrogens is 406 g/mol. The van der Waals surface area contributed by atoms with Crippen molar-refractivity contribution in [1.82, 2.24) is 4.90 Å². The second-order valence-electron chi connectivity index (χ2n) is 6.51. The van der Waals surface area contributed by atoms with Gasteiger partial charge >= 0.3 is 0 Å². The summed E-state index contributed by atoms with van der Waals surface area (Å²) in [5, 5.41) is 2.22. The van der Waals surface area contributed by atoms with Gasteiger partial charge in [0, 0.05) is 5.69 Å². The van der Waals surface area contributed by atoms with Crippen molar-refractivity contribution >= 4 is 46.5 Å². The molecule has 4 amide bonds. The number of nitrogens with two attached hydrogens (primary N) is 1. The Morgan fingerprint density at radius 2 is 1.90 bits per heavy atom. The van der Waals surface area contributed by atoms with Gasteiger partial charge in [-0.3, -0.25) is 24.1 Å². The first-order valence-corrected chi connectivity index (χ1v) is 9.76. The number of hydrogen-bond donors (Lipinski definition) is 2. The first-order chi connectivity index (χ1) is 14.3. The van der Waals surface area contributed by atoms with Crippen molar-refractivity contribution in [2.75, 3.05) is 18.5 Å². The van der Waals surface area contributed by atoms with Crippen molar-refractivity contribution in [3.05, 3.63) is 64.6 Å². The molecule has 3 rings (SSSR count). The van der Waals surface area contributed by atoms with Crippen LogP contribution in [0, 0.1) is 6.92 Å². The van der Waals surface area contributed by atoms with Crippen LogP contribution in [0.5, 0.6) is 5.75 Å². The van der Waals surface area contributed by atoms with Crippen molar-refractivity contribution in [3.8, 4) is 5.75 Å². The zero-order valence-electron chi connectivity index (χ0n) is 16.1. The molecule has 1 heterocycles. The van der Waals surface area contributed by atoms with E-state index in [2.05, 4.69) is 5.32 Å². The number of rotatable bonds is 7. The largest absolute Gasteiger partial charge is 0.484 e. The Bertz CT molecular complexity index is 1030. The smallest absolute Gasteiger partial charge is 0.294 e. The molecule has 0 bridgehead atoms. The number of aryl methyl sites for hydroxylation is 1. The third-order valence-electron chi connectivity index (χ3n) is 4.04. The number of ether oxygens (including phenoxy) is 1. The van der Waals surface area contributed by atoms with Crippen LogP contribution in [0.4, 0.5) is 10.5 Å². The number of carbonyl (C=O) groups excluding carboxylic acids is 4. The fourth-order valence-corrected chi connectivity index (χ4v) is 3.51. The van der Waals surface area contributed by atoms with Gasteiger partial charge in [0.2, 0.25) is 5.91 Å². The molecule has 1 aliphatic rings. The second-order valence-corrected chi connectivity index (χ2v) is 7.50. The molecule has 1 aliphatic heterocycles. The summed E-state index contributed by atoms with van der Waals surface area (Å²) in [5.41, 5.74) is 7.45. The highest BCUT2D eigenvalue weighted by Crippen LogP contribution is 2.32. The van der Waals surface area contributed by atoms with Crippen LogP contribution in [0.1, 0.15) is 11.1 Å². The number of imide groups is 1. The van der Waals surface area contributed by atoms with Gasteiger partial charge in [-0.1, -0.05) is 24.3 Å². The highest BCUT2D eigenvalue weighted by atomic mass is 32.2. The predicted octanol–water partition coefficient (Wildman–Crippen LogP) is 2.53. The van der Waals surface area contributed by atoms with Crippen LogP contribution in [0.3, 0.4) is 0 Å². The lowest BCUT2D eigenvalue weighted by molar-refractivity contribution is -0.127. The van der Waals surface area contributed by atoms with Gasteiger partial charge in [-0.2, -0.15) is 0 Å². The first kappa shape index (κ1) is 21.1. The molecule has 0 aliphatic carbocycles. The average Bonchev–Trinajstić information content (AvgIpc) is 2.94. The normalized spacial score (nSPS) is 14.8. The zero-order valence-corrected chi connectivity index (χ0v) is 16.9. The van der Waals surface area contributed by atoms with Gasteiger partial charge in [-0.15, -0.1) is 0 Å². The van der Waals surface area contributed by atoms with Crippen LogP contribution in [-0.2, 0) is 14.4 Å². The van der Waals surface area contributed by atoms with Crippen LogP contribution in [0.25, 0.3) is 6.08 Å². The quantitative estimate of drug-likeness (QED) is 0.658. The molecule has 154 valence electrons. The highest BCUT2D eigenvalue weighted by molar-refractivity contribution is 8.18. The van der Waals surface area contributed by atoms with Crippen molar-refractivity contribution in [1.29, 1.82) is 0 Å². The zero-order chi connectivity index (χ0) is 21.7. The lowest BCUT2D eigenvalue weighted by atomic mass is 10.2. The number of hydrogen-bond acceptors (Lipinski definition) is 6. The average molecular weight is 425 g/mol. The molecule has 3 N–H and O–H groups in total. The van der Waals surface area contributed by atoms with E-state index in [1.807, 2.05) is 25.1 Å². The van der Waals surface area contributed by atoms with Crippen LogP contribution in [-0.4, -0.2) is 41.0 Å². The summed E-state index contributed by atoms with van der Waals surface area (Å²) in [6, 6.07) is 14.1. The maximum atomic E-state index is 12.2. The van der Waals surface area contributed by atoms with E-state index in [0.717, 1.165) is 22.2 Å². The summed E-state index contributed by atoms with van der Waals surface area (Å²) in [6.45, 7) is 1.34. The number of nitrogens with zero attached hydrogens (tertiary/aromatic N) is 1. The Kier molecular flexibility index (Phi) is 6.53. The number of nitrogens with one attached hydrogen (secondary N) is 1. The minimum atomic E-state index is -0.758. The summed E-state index contributed by atoms with van der Waals surface area (Å²) in [4.78, 5) is 48.0. The van der Waals surface area contributed by atoms with Crippen LogP contribution >= 0.6 is 11.8 Å². The molecule has 0 saturated carbocycles. The van der Waals surface area contributed by atoms with E-state index in [-0.39, 0.29) is 17.4 Å². The molecule has 1 fully saturated rings. The minimum Gasteiger partial charge on any atom is -0.484 e. The molecule has 8 nitrogen and oxygen atoms in total. The van der Waals surface area contributed by atoms with Crippen LogP contribution in [0.15, 0.2) is 53.4 Å². The predicted molar refractivity (Wildman–Crippen MR) is 114 cm³/mol. The first-order valence-electron chi connectivity index (χ1n) is 8.95. The molecule has 0 atom stereocenters. The Morgan fingerprint density at radius 1 is 1.17 bits per heavy atom. The maximum Gasteiger partial charge on any atom is 0.294 e. The third kappa shape index (κ3) is 5.48. The summed E-state index contributed by atoms with van der Waals surface area (Å²) >= 11 is 0.745. The highest BCUT2D eigenvalue weighted by Gasteiger charge is 2.35. The van der Waals surface area contributed by atoms with Crippen molar-refractivity contribution in [2.45, 2.75) is 6.92 Å². The molecule has 0 spiro atoms. The summed E-state index contributed by atoms with van der Waals surface area (Å²) in [6.07, 6.45) is 1.54. The van der Waals surface area contributed by atoms with Crippen LogP contribution < -0.4 is 15.8 Å². The monoisotopic (exact) mass is 425 g/mol. The van der Waals surface area contributed by atoms with Gasteiger partial charge in [0.1, 0.15) is 12.3 Å². The fourth-order valence-electron chi connectivity index (χ4n) is 2.67. The van der Waals surface area contributed by atoms with Crippen molar-refractivity contribution in [3.63, 3.8) is 0 Å². The van der Waals surface area contributed by atoms with E-state index in [1.165, 1.54) is 0 Å². The SMILES string of the molecule is Cc1cccc(NC(=O)COc2ccc(/C=C3\SC(=O)N(CC(N)=O)C3=O)cc2)c1. The summed E-state index contributed by atoms with van der Waals surface area (Å²) in [7, 11) is 0. The van der Waals surface area contributed by atoms with E-state index in [9.17, 15) is 19.2 Å². The number of carbonyl (C=O) groups is 4. The van der Waals surface area contributed by atoms with Gasteiger partial charge < -0.3 is 15.8 Å². The number of benzene rings is 2.